The predicted molar refractivity (Wildman–Crippen MR) is 106 cm³/mol. The van der Waals surface area contributed by atoms with E-state index in [0.29, 0.717) is 28.8 Å². The summed E-state index contributed by atoms with van der Waals surface area (Å²) in [6.07, 6.45) is 3.13. The van der Waals surface area contributed by atoms with E-state index < -0.39 is 5.97 Å². The Morgan fingerprint density at radius 1 is 0.893 bits per heavy atom. The lowest BCUT2D eigenvalue weighted by atomic mass is 9.81. The molecule has 2 aliphatic carbocycles. The van der Waals surface area contributed by atoms with Crippen LogP contribution in [0.25, 0.3) is 0 Å². The fourth-order valence-corrected chi connectivity index (χ4v) is 5.34. The van der Waals surface area contributed by atoms with E-state index in [1.165, 1.54) is 4.90 Å². The van der Waals surface area contributed by atoms with Crippen LogP contribution in [0.3, 0.4) is 0 Å². The standard InChI is InChI=1S/C22H18BrNO4/c23-15-5-9-17(10-6-15)28-22(27)12-3-7-16(8-4-12)24-20(25)18-13-1-2-14(11-13)19(18)21(24)26/h3-10,13-14,18-19H,1-2,11H2/t13-,14+,18-,19+. The minimum Gasteiger partial charge on any atom is -0.423 e. The van der Waals surface area contributed by atoms with Crippen LogP contribution < -0.4 is 9.64 Å². The highest BCUT2D eigenvalue weighted by Gasteiger charge is 2.61. The van der Waals surface area contributed by atoms with Crippen molar-refractivity contribution in [2.24, 2.45) is 23.7 Å². The van der Waals surface area contributed by atoms with Gasteiger partial charge < -0.3 is 4.74 Å². The van der Waals surface area contributed by atoms with Gasteiger partial charge in [-0.2, -0.15) is 0 Å². The second kappa shape index (κ2) is 6.55. The minimum absolute atomic E-state index is 0.0765. The summed E-state index contributed by atoms with van der Waals surface area (Å²) >= 11 is 3.34. The zero-order chi connectivity index (χ0) is 19.4. The minimum atomic E-state index is -0.483. The maximum absolute atomic E-state index is 12.9. The first-order valence-corrected chi connectivity index (χ1v) is 10.3. The molecule has 142 valence electrons. The van der Waals surface area contributed by atoms with Gasteiger partial charge in [0.25, 0.3) is 0 Å². The van der Waals surface area contributed by atoms with Gasteiger partial charge in [-0.3, -0.25) is 14.5 Å². The number of imide groups is 1. The van der Waals surface area contributed by atoms with Crippen LogP contribution in [0.15, 0.2) is 53.0 Å². The Hall–Kier alpha value is -2.47. The molecule has 5 rings (SSSR count). The molecule has 3 fully saturated rings. The quantitative estimate of drug-likeness (QED) is 0.408. The third-order valence-electron chi connectivity index (χ3n) is 6.31. The van der Waals surface area contributed by atoms with Crippen molar-refractivity contribution < 1.29 is 19.1 Å². The van der Waals surface area contributed by atoms with Crippen LogP contribution in [0.2, 0.25) is 0 Å². The van der Waals surface area contributed by atoms with Gasteiger partial charge in [0, 0.05) is 4.47 Å². The molecule has 1 aliphatic heterocycles. The second-order valence-corrected chi connectivity index (χ2v) is 8.70. The van der Waals surface area contributed by atoms with Crippen molar-refractivity contribution >= 4 is 39.4 Å². The highest BCUT2D eigenvalue weighted by Crippen LogP contribution is 2.56. The molecular weight excluding hydrogens is 422 g/mol. The lowest BCUT2D eigenvalue weighted by Crippen LogP contribution is -2.32. The molecule has 0 radical (unpaired) electrons. The Kier molecular flexibility index (Phi) is 4.12. The molecule has 2 aromatic rings. The van der Waals surface area contributed by atoms with Gasteiger partial charge in [0.2, 0.25) is 11.8 Å². The summed E-state index contributed by atoms with van der Waals surface area (Å²) in [6, 6.07) is 13.5. The zero-order valence-corrected chi connectivity index (χ0v) is 16.6. The summed E-state index contributed by atoms with van der Waals surface area (Å²) in [4.78, 5) is 39.4. The number of hydrogen-bond donors (Lipinski definition) is 0. The van der Waals surface area contributed by atoms with Crippen LogP contribution >= 0.6 is 15.9 Å². The van der Waals surface area contributed by atoms with Gasteiger partial charge in [-0.05, 0) is 79.6 Å². The first-order chi connectivity index (χ1) is 13.5. The summed E-state index contributed by atoms with van der Waals surface area (Å²) in [5.41, 5.74) is 0.898. The first kappa shape index (κ1) is 17.6. The fourth-order valence-electron chi connectivity index (χ4n) is 5.08. The Morgan fingerprint density at radius 3 is 2.04 bits per heavy atom. The number of carbonyl (C=O) groups excluding carboxylic acids is 3. The lowest BCUT2D eigenvalue weighted by Gasteiger charge is -2.19. The average molecular weight is 440 g/mol. The van der Waals surface area contributed by atoms with Crippen molar-refractivity contribution in [3.63, 3.8) is 0 Å². The Bertz CT molecular complexity index is 941. The average Bonchev–Trinajstić information content (AvgIpc) is 3.38. The van der Waals surface area contributed by atoms with E-state index in [4.69, 9.17) is 4.74 Å². The molecule has 6 heteroatoms. The number of benzene rings is 2. The molecule has 2 bridgehead atoms. The van der Waals surface area contributed by atoms with Gasteiger partial charge in [-0.15, -0.1) is 0 Å². The third-order valence-corrected chi connectivity index (χ3v) is 6.84. The van der Waals surface area contributed by atoms with Crippen LogP contribution in [0.4, 0.5) is 5.69 Å². The topological polar surface area (TPSA) is 63.7 Å². The largest absolute Gasteiger partial charge is 0.423 e. The molecule has 1 saturated heterocycles. The Morgan fingerprint density at radius 2 is 1.46 bits per heavy atom. The molecule has 2 amide bonds. The van der Waals surface area contributed by atoms with Crippen molar-refractivity contribution in [1.29, 1.82) is 0 Å². The normalized spacial score (nSPS) is 28.0. The van der Waals surface area contributed by atoms with E-state index >= 15 is 0 Å². The second-order valence-electron chi connectivity index (χ2n) is 7.79. The molecule has 28 heavy (non-hydrogen) atoms. The molecule has 2 saturated carbocycles. The van der Waals surface area contributed by atoms with Crippen LogP contribution in [0, 0.1) is 23.7 Å². The highest BCUT2D eigenvalue weighted by molar-refractivity contribution is 9.10. The number of nitrogens with zero attached hydrogens (tertiary/aromatic N) is 1. The van der Waals surface area contributed by atoms with Gasteiger partial charge in [0.15, 0.2) is 0 Å². The first-order valence-electron chi connectivity index (χ1n) is 9.48. The molecule has 0 N–H and O–H groups in total. The van der Waals surface area contributed by atoms with E-state index in [0.717, 1.165) is 23.7 Å². The number of carbonyl (C=O) groups is 3. The zero-order valence-electron chi connectivity index (χ0n) is 15.0. The maximum atomic E-state index is 12.9. The van der Waals surface area contributed by atoms with Crippen molar-refractivity contribution in [3.05, 3.63) is 58.6 Å². The number of amides is 2. The van der Waals surface area contributed by atoms with Crippen molar-refractivity contribution in [2.75, 3.05) is 4.90 Å². The number of fused-ring (bicyclic) bond motifs is 5. The number of halogens is 1. The summed E-state index contributed by atoms with van der Waals surface area (Å²) in [5.74, 6) is 0.239. The molecule has 0 aromatic heterocycles. The van der Waals surface area contributed by atoms with Crippen molar-refractivity contribution in [2.45, 2.75) is 19.3 Å². The maximum Gasteiger partial charge on any atom is 0.343 e. The van der Waals surface area contributed by atoms with Gasteiger partial charge in [0.1, 0.15) is 5.75 Å². The SMILES string of the molecule is O=C(Oc1ccc(Br)cc1)c1ccc(N2C(=O)[C@@H]3[C@@H]4CC[C@@H](C4)[C@@H]3C2=O)cc1. The third kappa shape index (κ3) is 2.70. The Balaban J connectivity index is 1.34. The molecule has 3 aliphatic rings. The molecule has 2 aromatic carbocycles. The summed E-state index contributed by atoms with van der Waals surface area (Å²) in [6.45, 7) is 0. The molecule has 1 heterocycles. The van der Waals surface area contributed by atoms with E-state index in [2.05, 4.69) is 15.9 Å². The van der Waals surface area contributed by atoms with Gasteiger partial charge in [-0.25, -0.2) is 4.79 Å². The highest BCUT2D eigenvalue weighted by atomic mass is 79.9. The number of hydrogen-bond acceptors (Lipinski definition) is 4. The van der Waals surface area contributed by atoms with E-state index in [9.17, 15) is 14.4 Å². The van der Waals surface area contributed by atoms with E-state index in [1.807, 2.05) is 0 Å². The summed E-state index contributed by atoms with van der Waals surface area (Å²) in [7, 11) is 0. The number of rotatable bonds is 3. The van der Waals surface area contributed by atoms with Crippen LogP contribution in [-0.2, 0) is 9.59 Å². The predicted octanol–water partition coefficient (Wildman–Crippen LogP) is 4.20. The molecular formula is C22H18BrNO4. The van der Waals surface area contributed by atoms with Crippen molar-refractivity contribution in [1.82, 2.24) is 0 Å². The van der Waals surface area contributed by atoms with E-state index in [-0.39, 0.29) is 23.7 Å². The summed E-state index contributed by atoms with van der Waals surface area (Å²) in [5, 5.41) is 0. The van der Waals surface area contributed by atoms with E-state index in [1.54, 1.807) is 48.5 Å². The molecule has 0 spiro atoms. The molecule has 5 nitrogen and oxygen atoms in total. The molecule has 4 atom stereocenters. The lowest BCUT2D eigenvalue weighted by molar-refractivity contribution is -0.123. The van der Waals surface area contributed by atoms with Crippen LogP contribution in [0.1, 0.15) is 29.6 Å². The van der Waals surface area contributed by atoms with Gasteiger partial charge in [-0.1, -0.05) is 15.9 Å². The summed E-state index contributed by atoms with van der Waals surface area (Å²) < 4.78 is 6.25. The smallest absolute Gasteiger partial charge is 0.343 e. The molecule has 0 unspecified atom stereocenters. The van der Waals surface area contributed by atoms with Crippen molar-refractivity contribution in [3.8, 4) is 5.75 Å². The fraction of sp³-hybridized carbons (Fsp3) is 0.318. The number of anilines is 1. The van der Waals surface area contributed by atoms with Gasteiger partial charge >= 0.3 is 5.97 Å². The number of esters is 1. The number of ether oxygens (including phenoxy) is 1. The Labute approximate surface area is 170 Å². The van der Waals surface area contributed by atoms with Crippen LogP contribution in [0.5, 0.6) is 5.75 Å². The van der Waals surface area contributed by atoms with Gasteiger partial charge in [0.05, 0.1) is 23.1 Å². The monoisotopic (exact) mass is 439 g/mol. The van der Waals surface area contributed by atoms with Crippen LogP contribution in [-0.4, -0.2) is 17.8 Å².